The summed E-state index contributed by atoms with van der Waals surface area (Å²) in [4.78, 5) is 0. The Morgan fingerprint density at radius 3 is 2.50 bits per heavy atom. The highest BCUT2D eigenvalue weighted by molar-refractivity contribution is 6.28. The summed E-state index contributed by atoms with van der Waals surface area (Å²) in [7, 11) is 0. The third kappa shape index (κ3) is 2.03. The molecule has 0 N–H and O–H groups in total. The normalized spacial score (nSPS) is 21.4. The van der Waals surface area contributed by atoms with Crippen molar-refractivity contribution in [3.63, 3.8) is 0 Å². The van der Waals surface area contributed by atoms with Gasteiger partial charge in [-0.25, -0.2) is 0 Å². The highest BCUT2D eigenvalue weighted by atomic mass is 35.5. The van der Waals surface area contributed by atoms with Crippen LogP contribution in [0.3, 0.4) is 0 Å². The molecular weight excluding hydrogens is 167 g/mol. The van der Waals surface area contributed by atoms with Crippen molar-refractivity contribution in [1.29, 1.82) is 0 Å². The first-order valence-corrected chi connectivity index (χ1v) is 4.35. The molecule has 10 heavy (non-hydrogen) atoms. The van der Waals surface area contributed by atoms with Gasteiger partial charge in [-0.05, 0) is 6.42 Å². The van der Waals surface area contributed by atoms with Crippen LogP contribution in [0.25, 0.3) is 0 Å². The summed E-state index contributed by atoms with van der Waals surface area (Å²) >= 11 is 11.5. The average molecular weight is 177 g/mol. The van der Waals surface area contributed by atoms with E-state index in [0.29, 0.717) is 11.8 Å². The van der Waals surface area contributed by atoms with E-state index in [1.54, 1.807) is 0 Å². The van der Waals surface area contributed by atoms with Crippen LogP contribution >= 0.6 is 23.2 Å². The van der Waals surface area contributed by atoms with Gasteiger partial charge in [0.1, 0.15) is 0 Å². The molecule has 56 valence electrons. The van der Waals surface area contributed by atoms with E-state index in [9.17, 15) is 0 Å². The van der Waals surface area contributed by atoms with Crippen LogP contribution in [0.4, 0.5) is 0 Å². The van der Waals surface area contributed by atoms with E-state index in [1.165, 1.54) is 0 Å². The van der Waals surface area contributed by atoms with Crippen molar-refractivity contribution in [2.45, 2.75) is 11.8 Å². The van der Waals surface area contributed by atoms with Gasteiger partial charge in [0.15, 0.2) is 0 Å². The van der Waals surface area contributed by atoms with Crippen molar-refractivity contribution < 1.29 is 0 Å². The molecule has 0 amide bonds. The van der Waals surface area contributed by atoms with Crippen molar-refractivity contribution in [3.05, 3.63) is 24.3 Å². The molecule has 2 heteroatoms. The van der Waals surface area contributed by atoms with E-state index in [4.69, 9.17) is 23.2 Å². The van der Waals surface area contributed by atoms with E-state index in [-0.39, 0.29) is 5.38 Å². The molecule has 0 saturated heterocycles. The molecule has 0 aliphatic heterocycles. The molecule has 0 radical (unpaired) electrons. The number of alkyl halides is 2. The monoisotopic (exact) mass is 176 g/mol. The summed E-state index contributed by atoms with van der Waals surface area (Å²) in [5.74, 6) is 0.855. The lowest BCUT2D eigenvalue weighted by Crippen LogP contribution is -2.12. The van der Waals surface area contributed by atoms with Crippen LogP contribution in [0.5, 0.6) is 0 Å². The summed E-state index contributed by atoms with van der Waals surface area (Å²) < 4.78 is 0. The SMILES string of the molecule is ClCC(Cl)C1C=CCC=C1. The first-order chi connectivity index (χ1) is 4.84. The Kier molecular flexibility index (Phi) is 3.30. The van der Waals surface area contributed by atoms with Gasteiger partial charge in [-0.15, -0.1) is 23.2 Å². The van der Waals surface area contributed by atoms with Crippen molar-refractivity contribution in [2.75, 3.05) is 5.88 Å². The smallest absolute Gasteiger partial charge is 0.0568 e. The van der Waals surface area contributed by atoms with Gasteiger partial charge < -0.3 is 0 Å². The molecule has 0 aromatic heterocycles. The molecule has 0 bridgehead atoms. The maximum Gasteiger partial charge on any atom is 0.0568 e. The average Bonchev–Trinajstić information content (AvgIpc) is 2.05. The third-order valence-electron chi connectivity index (χ3n) is 1.55. The predicted octanol–water partition coefficient (Wildman–Crippen LogP) is 2.96. The second-order valence-electron chi connectivity index (χ2n) is 2.34. The van der Waals surface area contributed by atoms with Gasteiger partial charge in [-0.3, -0.25) is 0 Å². The van der Waals surface area contributed by atoms with E-state index in [0.717, 1.165) is 6.42 Å². The van der Waals surface area contributed by atoms with Crippen molar-refractivity contribution in [2.24, 2.45) is 5.92 Å². The Morgan fingerprint density at radius 2 is 2.00 bits per heavy atom. The largest absolute Gasteiger partial charge is 0.125 e. The van der Waals surface area contributed by atoms with Crippen LogP contribution in [-0.2, 0) is 0 Å². The molecule has 0 nitrogen and oxygen atoms in total. The molecule has 1 aliphatic rings. The second-order valence-corrected chi connectivity index (χ2v) is 3.21. The molecule has 1 rings (SSSR count). The fourth-order valence-corrected chi connectivity index (χ4v) is 1.33. The van der Waals surface area contributed by atoms with E-state index >= 15 is 0 Å². The Bertz CT molecular complexity index is 137. The van der Waals surface area contributed by atoms with Gasteiger partial charge in [0.2, 0.25) is 0 Å². The summed E-state index contributed by atoms with van der Waals surface area (Å²) in [6.45, 7) is 0. The minimum absolute atomic E-state index is 0.0504. The minimum atomic E-state index is 0.0504. The van der Waals surface area contributed by atoms with Gasteiger partial charge >= 0.3 is 0 Å². The van der Waals surface area contributed by atoms with Crippen LogP contribution < -0.4 is 0 Å². The van der Waals surface area contributed by atoms with E-state index in [2.05, 4.69) is 24.3 Å². The molecule has 1 atom stereocenters. The number of hydrogen-bond donors (Lipinski definition) is 0. The van der Waals surface area contributed by atoms with Gasteiger partial charge in [0.05, 0.1) is 5.38 Å². The fraction of sp³-hybridized carbons (Fsp3) is 0.500. The summed E-state index contributed by atoms with van der Waals surface area (Å²) in [5, 5.41) is 0.0504. The van der Waals surface area contributed by atoms with E-state index < -0.39 is 0 Å². The van der Waals surface area contributed by atoms with Crippen LogP contribution in [0.1, 0.15) is 6.42 Å². The maximum absolute atomic E-state index is 5.91. The van der Waals surface area contributed by atoms with Gasteiger partial charge in [-0.1, -0.05) is 24.3 Å². The molecule has 0 aromatic rings. The second kappa shape index (κ2) is 4.05. The lowest BCUT2D eigenvalue weighted by Gasteiger charge is -2.14. The molecular formula is C8H10Cl2. The highest BCUT2D eigenvalue weighted by Crippen LogP contribution is 2.19. The standard InChI is InChI=1S/C8H10Cl2/c9-6-8(10)7-4-2-1-3-5-7/h2-5,7-8H,1,6H2. The molecule has 0 spiro atoms. The number of halogens is 2. The van der Waals surface area contributed by atoms with Crippen molar-refractivity contribution in [1.82, 2.24) is 0 Å². The lowest BCUT2D eigenvalue weighted by molar-refractivity contribution is 0.775. The van der Waals surface area contributed by atoms with Gasteiger partial charge in [0.25, 0.3) is 0 Å². The van der Waals surface area contributed by atoms with Gasteiger partial charge in [-0.2, -0.15) is 0 Å². The van der Waals surface area contributed by atoms with Crippen LogP contribution in [0.2, 0.25) is 0 Å². The van der Waals surface area contributed by atoms with Gasteiger partial charge in [0, 0.05) is 11.8 Å². The van der Waals surface area contributed by atoms with Crippen LogP contribution in [-0.4, -0.2) is 11.3 Å². The first-order valence-electron chi connectivity index (χ1n) is 3.38. The molecule has 0 fully saturated rings. The summed E-state index contributed by atoms with van der Waals surface area (Å²) in [5.41, 5.74) is 0. The Morgan fingerprint density at radius 1 is 1.40 bits per heavy atom. The van der Waals surface area contributed by atoms with Crippen molar-refractivity contribution >= 4 is 23.2 Å². The number of hydrogen-bond acceptors (Lipinski definition) is 0. The Hall–Kier alpha value is 0.0600. The molecule has 0 saturated carbocycles. The topological polar surface area (TPSA) is 0 Å². The maximum atomic E-state index is 5.91. The highest BCUT2D eigenvalue weighted by Gasteiger charge is 2.12. The third-order valence-corrected chi connectivity index (χ3v) is 2.49. The summed E-state index contributed by atoms with van der Waals surface area (Å²) in [6, 6.07) is 0. The predicted molar refractivity (Wildman–Crippen MR) is 46.7 cm³/mol. The zero-order chi connectivity index (χ0) is 7.40. The first kappa shape index (κ1) is 8.16. The van der Waals surface area contributed by atoms with Crippen LogP contribution in [0, 0.1) is 5.92 Å². The van der Waals surface area contributed by atoms with Crippen LogP contribution in [0.15, 0.2) is 24.3 Å². The molecule has 0 aromatic carbocycles. The minimum Gasteiger partial charge on any atom is -0.125 e. The quantitative estimate of drug-likeness (QED) is 0.449. The van der Waals surface area contributed by atoms with Crippen molar-refractivity contribution in [3.8, 4) is 0 Å². The van der Waals surface area contributed by atoms with E-state index in [1.807, 2.05) is 0 Å². The zero-order valence-corrected chi connectivity index (χ0v) is 7.15. The molecule has 1 aliphatic carbocycles. The Labute approximate surface area is 71.5 Å². The summed E-state index contributed by atoms with van der Waals surface area (Å²) in [6.07, 6.45) is 9.49. The zero-order valence-electron chi connectivity index (χ0n) is 5.63. The molecule has 0 heterocycles. The number of allylic oxidation sites excluding steroid dienone is 4. The fourth-order valence-electron chi connectivity index (χ4n) is 0.958. The Balaban J connectivity index is 2.46. The number of rotatable bonds is 2. The lowest BCUT2D eigenvalue weighted by atomic mass is 10.0. The molecule has 1 unspecified atom stereocenters.